The molecule has 0 fully saturated rings. The predicted molar refractivity (Wildman–Crippen MR) is 86.0 cm³/mol. The number of hydrogen-bond donors (Lipinski definition) is 2. The van der Waals surface area contributed by atoms with Gasteiger partial charge >= 0.3 is 0 Å². The maximum absolute atomic E-state index is 10.6. The molecule has 5 nitrogen and oxygen atoms in total. The first-order valence-electron chi connectivity index (χ1n) is 7.33. The van der Waals surface area contributed by atoms with E-state index in [1.165, 1.54) is 6.92 Å². The van der Waals surface area contributed by atoms with E-state index < -0.39 is 0 Å². The summed E-state index contributed by atoms with van der Waals surface area (Å²) in [6, 6.07) is 8.05. The van der Waals surface area contributed by atoms with Gasteiger partial charge in [-0.1, -0.05) is 24.0 Å². The zero-order valence-corrected chi connectivity index (χ0v) is 13.2. The van der Waals surface area contributed by atoms with E-state index in [0.717, 1.165) is 17.5 Å². The minimum Gasteiger partial charge on any atom is -0.374 e. The molecular weight excluding hydrogens is 280 g/mol. The number of ketones is 1. The van der Waals surface area contributed by atoms with Gasteiger partial charge in [0.1, 0.15) is 13.2 Å². The first-order chi connectivity index (χ1) is 10.6. The summed E-state index contributed by atoms with van der Waals surface area (Å²) >= 11 is 0. The summed E-state index contributed by atoms with van der Waals surface area (Å²) < 4.78 is 10.5. The fourth-order valence-corrected chi connectivity index (χ4v) is 1.69. The third-order valence-electron chi connectivity index (χ3n) is 2.95. The number of nitrogens with two attached hydrogens (primary N) is 1. The van der Waals surface area contributed by atoms with Crippen molar-refractivity contribution in [3.05, 3.63) is 35.4 Å². The highest BCUT2D eigenvalue weighted by molar-refractivity contribution is 5.76. The summed E-state index contributed by atoms with van der Waals surface area (Å²) in [6.07, 6.45) is 0.758. The Bertz CT molecular complexity index is 503. The Morgan fingerprint density at radius 3 is 2.59 bits per heavy atom. The van der Waals surface area contributed by atoms with Gasteiger partial charge < -0.3 is 9.47 Å². The molecule has 0 radical (unpaired) electrons. The van der Waals surface area contributed by atoms with Gasteiger partial charge in [-0.25, -0.2) is 0 Å². The molecule has 5 heteroatoms. The number of rotatable bonds is 9. The van der Waals surface area contributed by atoms with Crippen molar-refractivity contribution >= 4 is 5.78 Å². The van der Waals surface area contributed by atoms with Crippen molar-refractivity contribution in [3.8, 4) is 11.8 Å². The second-order valence-corrected chi connectivity index (χ2v) is 4.97. The number of benzene rings is 1. The lowest BCUT2D eigenvalue weighted by Crippen LogP contribution is -2.25. The number of hydrogen-bond acceptors (Lipinski definition) is 5. The maximum atomic E-state index is 10.6. The van der Waals surface area contributed by atoms with Gasteiger partial charge in [0.25, 0.3) is 0 Å². The Morgan fingerprint density at radius 2 is 1.95 bits per heavy atom. The van der Waals surface area contributed by atoms with Crippen LogP contribution in [0, 0.1) is 11.8 Å². The van der Waals surface area contributed by atoms with E-state index >= 15 is 0 Å². The van der Waals surface area contributed by atoms with Crippen LogP contribution in [0.2, 0.25) is 0 Å². The van der Waals surface area contributed by atoms with E-state index in [2.05, 4.69) is 17.3 Å². The summed E-state index contributed by atoms with van der Waals surface area (Å²) in [5.41, 5.74) is 4.77. The highest BCUT2D eigenvalue weighted by Gasteiger charge is 2.00. The third kappa shape index (κ3) is 7.91. The summed E-state index contributed by atoms with van der Waals surface area (Å²) in [7, 11) is 0. The number of ether oxygens (including phenoxy) is 2. The topological polar surface area (TPSA) is 73.6 Å². The van der Waals surface area contributed by atoms with E-state index in [1.54, 1.807) is 0 Å². The lowest BCUT2D eigenvalue weighted by Gasteiger charge is -2.09. The Labute approximate surface area is 132 Å². The van der Waals surface area contributed by atoms with E-state index in [9.17, 15) is 4.79 Å². The number of Topliss-reactive ketones (excluding diaryl/α,β-unsaturated/α-hetero) is 1. The van der Waals surface area contributed by atoms with Crippen LogP contribution in [0.5, 0.6) is 0 Å². The molecule has 0 spiro atoms. The van der Waals surface area contributed by atoms with Gasteiger partial charge in [0.2, 0.25) is 0 Å². The van der Waals surface area contributed by atoms with Crippen LogP contribution in [-0.4, -0.2) is 32.2 Å². The molecule has 0 saturated carbocycles. The van der Waals surface area contributed by atoms with Gasteiger partial charge in [-0.15, -0.1) is 0 Å². The first-order valence-corrected chi connectivity index (χ1v) is 7.33. The van der Waals surface area contributed by atoms with Gasteiger partial charge in [0.05, 0.1) is 6.61 Å². The van der Waals surface area contributed by atoms with Crippen LogP contribution in [0.25, 0.3) is 0 Å². The average Bonchev–Trinajstić information content (AvgIpc) is 2.53. The van der Waals surface area contributed by atoms with Crippen LogP contribution in [0.4, 0.5) is 0 Å². The van der Waals surface area contributed by atoms with Crippen molar-refractivity contribution in [1.29, 1.82) is 0 Å². The molecule has 3 N–H and O–H groups in total. The van der Waals surface area contributed by atoms with Gasteiger partial charge in [-0.3, -0.25) is 16.1 Å². The second kappa shape index (κ2) is 10.9. The van der Waals surface area contributed by atoms with Crippen LogP contribution < -0.4 is 11.3 Å². The van der Waals surface area contributed by atoms with Gasteiger partial charge in [-0.05, 0) is 38.0 Å². The molecule has 0 aliphatic heterocycles. The molecule has 1 atom stereocenters. The average molecular weight is 304 g/mol. The minimum atomic E-state index is 0.0365. The normalized spacial score (nSPS) is 11.6. The molecule has 1 aromatic carbocycles. The minimum absolute atomic E-state index is 0.0365. The zero-order valence-electron chi connectivity index (χ0n) is 13.2. The highest BCUT2D eigenvalue weighted by Crippen LogP contribution is 2.11. The number of hydrazine groups is 1. The van der Waals surface area contributed by atoms with Crippen LogP contribution >= 0.6 is 0 Å². The molecule has 0 bridgehead atoms. The van der Waals surface area contributed by atoms with Crippen LogP contribution in [0.15, 0.2) is 24.3 Å². The van der Waals surface area contributed by atoms with Crippen molar-refractivity contribution in [2.75, 3.05) is 26.4 Å². The fourth-order valence-electron chi connectivity index (χ4n) is 1.69. The lowest BCUT2D eigenvalue weighted by molar-refractivity contribution is -0.121. The molecule has 120 valence electrons. The summed E-state index contributed by atoms with van der Waals surface area (Å²) in [5, 5.41) is 0. The SMILES string of the molecule is CC(=O)COCCCOCC#Cc1ccc(C(C)NN)cc1. The quantitative estimate of drug-likeness (QED) is 0.313. The Morgan fingerprint density at radius 1 is 1.27 bits per heavy atom. The van der Waals surface area contributed by atoms with E-state index in [4.69, 9.17) is 15.3 Å². The predicted octanol–water partition coefficient (Wildman–Crippen LogP) is 1.57. The first kappa shape index (κ1) is 18.3. The summed E-state index contributed by atoms with van der Waals surface area (Å²) in [5.74, 6) is 11.4. The van der Waals surface area contributed by atoms with Crippen molar-refractivity contribution in [3.63, 3.8) is 0 Å². The van der Waals surface area contributed by atoms with E-state index in [0.29, 0.717) is 19.8 Å². The van der Waals surface area contributed by atoms with Crippen molar-refractivity contribution in [2.45, 2.75) is 26.3 Å². The smallest absolute Gasteiger partial charge is 0.155 e. The van der Waals surface area contributed by atoms with Crippen LogP contribution in [0.3, 0.4) is 0 Å². The molecule has 22 heavy (non-hydrogen) atoms. The molecule has 0 aliphatic rings. The van der Waals surface area contributed by atoms with Gasteiger partial charge in [0.15, 0.2) is 5.78 Å². The largest absolute Gasteiger partial charge is 0.374 e. The van der Waals surface area contributed by atoms with Crippen molar-refractivity contribution in [2.24, 2.45) is 5.84 Å². The standard InChI is InChI=1S/C17H24N2O3/c1-14(20)13-22-12-4-11-21-10-3-5-16-6-8-17(9-7-16)15(2)19-18/h6-9,15,19H,4,10-13,18H2,1-2H3. The number of nitrogens with one attached hydrogen (secondary N) is 1. The lowest BCUT2D eigenvalue weighted by atomic mass is 10.1. The van der Waals surface area contributed by atoms with Crippen LogP contribution in [-0.2, 0) is 14.3 Å². The molecule has 0 heterocycles. The van der Waals surface area contributed by atoms with Crippen molar-refractivity contribution in [1.82, 2.24) is 5.43 Å². The Balaban J connectivity index is 2.18. The van der Waals surface area contributed by atoms with E-state index in [1.807, 2.05) is 31.2 Å². The van der Waals surface area contributed by atoms with Crippen molar-refractivity contribution < 1.29 is 14.3 Å². The Kier molecular flexibility index (Phi) is 9.12. The zero-order chi connectivity index (χ0) is 16.2. The third-order valence-corrected chi connectivity index (χ3v) is 2.95. The summed E-state index contributed by atoms with van der Waals surface area (Å²) in [6.45, 7) is 5.16. The fraction of sp³-hybridized carbons (Fsp3) is 0.471. The number of carbonyl (C=O) groups excluding carboxylic acids is 1. The number of carbonyl (C=O) groups is 1. The molecule has 1 aromatic rings. The molecule has 0 aromatic heterocycles. The molecular formula is C17H24N2O3. The van der Waals surface area contributed by atoms with Gasteiger partial charge in [0, 0.05) is 18.2 Å². The van der Waals surface area contributed by atoms with E-state index in [-0.39, 0.29) is 18.4 Å². The molecule has 0 saturated heterocycles. The molecule has 0 amide bonds. The summed E-state index contributed by atoms with van der Waals surface area (Å²) in [4.78, 5) is 10.6. The second-order valence-electron chi connectivity index (χ2n) is 4.97. The Hall–Kier alpha value is -1.71. The highest BCUT2D eigenvalue weighted by atomic mass is 16.5. The molecule has 0 aliphatic carbocycles. The monoisotopic (exact) mass is 304 g/mol. The maximum Gasteiger partial charge on any atom is 0.155 e. The van der Waals surface area contributed by atoms with Crippen LogP contribution in [0.1, 0.15) is 37.4 Å². The molecule has 1 unspecified atom stereocenters. The van der Waals surface area contributed by atoms with Gasteiger partial charge in [-0.2, -0.15) is 0 Å². The molecule has 1 rings (SSSR count).